The summed E-state index contributed by atoms with van der Waals surface area (Å²) in [4.78, 5) is 32.7. The molecule has 9 heteroatoms. The number of thiazole rings is 1. The maximum absolute atomic E-state index is 12.6. The van der Waals surface area contributed by atoms with Crippen molar-refractivity contribution in [2.24, 2.45) is 0 Å². The van der Waals surface area contributed by atoms with Gasteiger partial charge in [0.2, 0.25) is 5.91 Å². The molecule has 2 aromatic rings. The van der Waals surface area contributed by atoms with Gasteiger partial charge in [-0.3, -0.25) is 9.69 Å². The Kier molecular flexibility index (Phi) is 6.55. The van der Waals surface area contributed by atoms with E-state index in [9.17, 15) is 9.59 Å². The molecular weight excluding hydrogens is 424 g/mol. The number of halogens is 1. The van der Waals surface area contributed by atoms with Gasteiger partial charge in [0, 0.05) is 55.2 Å². The van der Waals surface area contributed by atoms with E-state index in [1.165, 1.54) is 18.3 Å². The van der Waals surface area contributed by atoms with E-state index in [1.807, 2.05) is 18.2 Å². The number of anilines is 2. The van der Waals surface area contributed by atoms with Gasteiger partial charge in [0.1, 0.15) is 6.10 Å². The monoisotopic (exact) mass is 448 g/mol. The number of esters is 1. The molecular formula is C21H25ClN4O3S. The van der Waals surface area contributed by atoms with Crippen molar-refractivity contribution in [3.63, 3.8) is 0 Å². The third-order valence-electron chi connectivity index (χ3n) is 5.63. The Hall–Kier alpha value is -2.16. The summed E-state index contributed by atoms with van der Waals surface area (Å²) >= 11 is 7.35. The van der Waals surface area contributed by atoms with Gasteiger partial charge < -0.3 is 15.0 Å². The van der Waals surface area contributed by atoms with E-state index >= 15 is 0 Å². The van der Waals surface area contributed by atoms with Gasteiger partial charge in [-0.25, -0.2) is 9.78 Å². The number of amides is 1. The zero-order valence-electron chi connectivity index (χ0n) is 16.8. The van der Waals surface area contributed by atoms with Gasteiger partial charge >= 0.3 is 5.97 Å². The van der Waals surface area contributed by atoms with Crippen molar-refractivity contribution in [1.29, 1.82) is 0 Å². The molecule has 30 heavy (non-hydrogen) atoms. The molecule has 1 saturated carbocycles. The Morgan fingerprint density at radius 2 is 2.03 bits per heavy atom. The zero-order chi connectivity index (χ0) is 21.1. The SMILES string of the molecule is CC(=O)Nc1nc(C(=O)O[C@H]2CCC[C@H]2N2CCN(c3cccc(Cl)c3)CC2)cs1. The highest BCUT2D eigenvalue weighted by Crippen LogP contribution is 2.30. The number of nitrogens with zero attached hydrogens (tertiary/aromatic N) is 3. The molecule has 2 heterocycles. The van der Waals surface area contributed by atoms with E-state index in [0.29, 0.717) is 5.13 Å². The minimum atomic E-state index is -0.419. The molecule has 1 aliphatic heterocycles. The lowest BCUT2D eigenvalue weighted by Crippen LogP contribution is -2.53. The second kappa shape index (κ2) is 9.32. The number of piperazine rings is 1. The smallest absolute Gasteiger partial charge is 0.358 e. The lowest BCUT2D eigenvalue weighted by atomic mass is 10.1. The van der Waals surface area contributed by atoms with E-state index in [0.717, 1.165) is 56.2 Å². The zero-order valence-corrected chi connectivity index (χ0v) is 18.4. The van der Waals surface area contributed by atoms with E-state index in [-0.39, 0.29) is 23.7 Å². The molecule has 0 bridgehead atoms. The van der Waals surface area contributed by atoms with Crippen molar-refractivity contribution in [2.45, 2.75) is 38.3 Å². The van der Waals surface area contributed by atoms with E-state index in [2.05, 4.69) is 26.2 Å². The van der Waals surface area contributed by atoms with Crippen LogP contribution in [0.15, 0.2) is 29.6 Å². The fraction of sp³-hybridized carbons (Fsp3) is 0.476. The van der Waals surface area contributed by atoms with Crippen molar-refractivity contribution in [3.8, 4) is 0 Å². The lowest BCUT2D eigenvalue weighted by molar-refractivity contribution is -0.114. The molecule has 2 atom stereocenters. The van der Waals surface area contributed by atoms with Crippen LogP contribution in [-0.2, 0) is 9.53 Å². The Morgan fingerprint density at radius 3 is 2.77 bits per heavy atom. The first-order valence-electron chi connectivity index (χ1n) is 10.2. The Balaban J connectivity index is 1.33. The van der Waals surface area contributed by atoms with Gasteiger partial charge in [-0.2, -0.15) is 0 Å². The molecule has 1 aromatic heterocycles. The molecule has 1 aliphatic carbocycles. The first kappa shape index (κ1) is 21.1. The first-order chi connectivity index (χ1) is 14.5. The highest BCUT2D eigenvalue weighted by molar-refractivity contribution is 7.14. The fourth-order valence-electron chi connectivity index (χ4n) is 4.22. The van der Waals surface area contributed by atoms with Crippen LogP contribution in [0.4, 0.5) is 10.8 Å². The van der Waals surface area contributed by atoms with Crippen LogP contribution in [0, 0.1) is 0 Å². The number of hydrogen-bond donors (Lipinski definition) is 1. The van der Waals surface area contributed by atoms with Crippen molar-refractivity contribution < 1.29 is 14.3 Å². The quantitative estimate of drug-likeness (QED) is 0.703. The largest absolute Gasteiger partial charge is 0.456 e. The van der Waals surface area contributed by atoms with Gasteiger partial charge in [0.25, 0.3) is 0 Å². The molecule has 1 amide bonds. The minimum Gasteiger partial charge on any atom is -0.456 e. The van der Waals surface area contributed by atoms with Crippen molar-refractivity contribution in [1.82, 2.24) is 9.88 Å². The highest BCUT2D eigenvalue weighted by atomic mass is 35.5. The molecule has 7 nitrogen and oxygen atoms in total. The molecule has 160 valence electrons. The van der Waals surface area contributed by atoms with Crippen LogP contribution in [0.2, 0.25) is 5.02 Å². The standard InChI is InChI=1S/C21H25ClN4O3S/c1-14(27)23-21-24-17(13-30-21)20(28)29-19-7-3-6-18(19)26-10-8-25(9-11-26)16-5-2-4-15(22)12-16/h2,4-5,12-13,18-19H,3,6-11H2,1H3,(H,23,24,27)/t18-,19+/m1/s1. The summed E-state index contributed by atoms with van der Waals surface area (Å²) in [7, 11) is 0. The number of ether oxygens (including phenoxy) is 1. The van der Waals surface area contributed by atoms with Crippen molar-refractivity contribution >= 4 is 45.6 Å². The fourth-order valence-corrected chi connectivity index (χ4v) is 5.13. The van der Waals surface area contributed by atoms with Gasteiger partial charge in [0.15, 0.2) is 10.8 Å². The summed E-state index contributed by atoms with van der Waals surface area (Å²) in [6, 6.07) is 8.20. The summed E-state index contributed by atoms with van der Waals surface area (Å²) in [5, 5.41) is 5.38. The summed E-state index contributed by atoms with van der Waals surface area (Å²) in [6.07, 6.45) is 2.82. The average molecular weight is 449 g/mol. The summed E-state index contributed by atoms with van der Waals surface area (Å²) in [5.74, 6) is -0.630. The molecule has 2 fully saturated rings. The third kappa shape index (κ3) is 4.94. The Morgan fingerprint density at radius 1 is 1.23 bits per heavy atom. The first-order valence-corrected chi connectivity index (χ1v) is 11.4. The second-order valence-corrected chi connectivity index (χ2v) is 8.96. The molecule has 2 aliphatic rings. The van der Waals surface area contributed by atoms with Crippen LogP contribution in [0.3, 0.4) is 0 Å². The number of aromatic nitrogens is 1. The van der Waals surface area contributed by atoms with Gasteiger partial charge in [-0.1, -0.05) is 17.7 Å². The summed E-state index contributed by atoms with van der Waals surface area (Å²) in [6.45, 7) is 5.10. The normalized spacial score (nSPS) is 22.1. The molecule has 0 radical (unpaired) electrons. The molecule has 4 rings (SSSR count). The van der Waals surface area contributed by atoms with E-state index < -0.39 is 5.97 Å². The molecule has 0 spiro atoms. The lowest BCUT2D eigenvalue weighted by Gasteiger charge is -2.40. The van der Waals surface area contributed by atoms with Crippen LogP contribution in [-0.4, -0.2) is 60.1 Å². The maximum Gasteiger partial charge on any atom is 0.358 e. The number of carbonyl (C=O) groups excluding carboxylic acids is 2. The van der Waals surface area contributed by atoms with Gasteiger partial charge in [-0.05, 0) is 37.5 Å². The van der Waals surface area contributed by atoms with Crippen LogP contribution in [0.1, 0.15) is 36.7 Å². The van der Waals surface area contributed by atoms with Crippen molar-refractivity contribution in [2.75, 3.05) is 36.4 Å². The Bertz CT molecular complexity index is 913. The van der Waals surface area contributed by atoms with E-state index in [1.54, 1.807) is 5.38 Å². The molecule has 1 N–H and O–H groups in total. The van der Waals surface area contributed by atoms with Gasteiger partial charge in [0.05, 0.1) is 0 Å². The van der Waals surface area contributed by atoms with Crippen LogP contribution < -0.4 is 10.2 Å². The predicted molar refractivity (Wildman–Crippen MR) is 118 cm³/mol. The van der Waals surface area contributed by atoms with Crippen LogP contribution in [0.25, 0.3) is 0 Å². The number of hydrogen-bond acceptors (Lipinski definition) is 7. The number of nitrogens with one attached hydrogen (secondary N) is 1. The van der Waals surface area contributed by atoms with Gasteiger partial charge in [-0.15, -0.1) is 11.3 Å². The van der Waals surface area contributed by atoms with Crippen LogP contribution >= 0.6 is 22.9 Å². The second-order valence-electron chi connectivity index (χ2n) is 7.66. The number of benzene rings is 1. The minimum absolute atomic E-state index is 0.124. The predicted octanol–water partition coefficient (Wildman–Crippen LogP) is 3.66. The van der Waals surface area contributed by atoms with E-state index in [4.69, 9.17) is 16.3 Å². The third-order valence-corrected chi connectivity index (χ3v) is 6.62. The average Bonchev–Trinajstić information content (AvgIpc) is 3.37. The molecule has 1 saturated heterocycles. The molecule has 0 unspecified atom stereocenters. The van der Waals surface area contributed by atoms with Crippen LogP contribution in [0.5, 0.6) is 0 Å². The number of rotatable bonds is 5. The summed E-state index contributed by atoms with van der Waals surface area (Å²) in [5.41, 5.74) is 1.40. The highest BCUT2D eigenvalue weighted by Gasteiger charge is 2.36. The number of carbonyl (C=O) groups is 2. The topological polar surface area (TPSA) is 74.8 Å². The summed E-state index contributed by atoms with van der Waals surface area (Å²) < 4.78 is 5.83. The maximum atomic E-state index is 12.6. The van der Waals surface area contributed by atoms with Crippen molar-refractivity contribution in [3.05, 3.63) is 40.4 Å². The Labute approximate surface area is 185 Å². The molecule has 1 aromatic carbocycles.